The summed E-state index contributed by atoms with van der Waals surface area (Å²) in [5.41, 5.74) is 11.0. The second-order valence-corrected chi connectivity index (χ2v) is 5.43. The lowest BCUT2D eigenvalue weighted by Gasteiger charge is -2.05. The van der Waals surface area contributed by atoms with E-state index < -0.39 is 0 Å². The van der Waals surface area contributed by atoms with E-state index in [1.165, 1.54) is 6.07 Å². The Hall–Kier alpha value is -2.88. The number of halogens is 1. The number of nitrogen functional groups attached to an aromatic ring is 1. The second-order valence-electron chi connectivity index (χ2n) is 5.43. The van der Waals surface area contributed by atoms with Crippen LogP contribution in [0.15, 0.2) is 48.5 Å². The lowest BCUT2D eigenvalue weighted by molar-refractivity contribution is 0.629. The highest BCUT2D eigenvalue weighted by atomic mass is 19.1. The van der Waals surface area contributed by atoms with Gasteiger partial charge in [0.25, 0.3) is 0 Å². The lowest BCUT2D eigenvalue weighted by atomic mass is 10.1. The van der Waals surface area contributed by atoms with Gasteiger partial charge in [-0.3, -0.25) is 0 Å². The number of nitrogens with zero attached hydrogens (tertiary/aromatic N) is 1. The van der Waals surface area contributed by atoms with Gasteiger partial charge in [-0.1, -0.05) is 18.2 Å². The highest BCUT2D eigenvalue weighted by Crippen LogP contribution is 2.30. The molecule has 4 aromatic rings. The molecule has 0 aliphatic carbocycles. The lowest BCUT2D eigenvalue weighted by Crippen LogP contribution is -1.92. The molecule has 4 rings (SSSR count). The predicted octanol–water partition coefficient (Wildman–Crippen LogP) is 4.41. The van der Waals surface area contributed by atoms with Crippen LogP contribution in [0.3, 0.4) is 0 Å². The smallest absolute Gasteiger partial charge is 0.123 e. The van der Waals surface area contributed by atoms with Crippen LogP contribution in [0.2, 0.25) is 0 Å². The normalized spacial score (nSPS) is 11.4. The van der Waals surface area contributed by atoms with Gasteiger partial charge < -0.3 is 10.7 Å². The fourth-order valence-electron chi connectivity index (χ4n) is 2.86. The summed E-state index contributed by atoms with van der Waals surface area (Å²) in [6.07, 6.45) is 0. The largest absolute Gasteiger partial charge is 0.397 e. The van der Waals surface area contributed by atoms with E-state index >= 15 is 0 Å². The van der Waals surface area contributed by atoms with Crippen molar-refractivity contribution in [1.82, 2.24) is 9.97 Å². The van der Waals surface area contributed by atoms with Gasteiger partial charge in [0, 0.05) is 16.3 Å². The number of hydrogen-bond donors (Lipinski definition) is 2. The van der Waals surface area contributed by atoms with Crippen molar-refractivity contribution in [2.24, 2.45) is 0 Å². The Balaban J connectivity index is 1.98. The molecular weight excluding hydrogens is 277 g/mol. The molecule has 0 saturated heterocycles. The maximum atomic E-state index is 13.4. The van der Waals surface area contributed by atoms with Gasteiger partial charge in [-0.05, 0) is 42.8 Å². The average molecular weight is 291 g/mol. The molecule has 0 aliphatic rings. The van der Waals surface area contributed by atoms with Crippen LogP contribution in [-0.2, 0) is 0 Å². The van der Waals surface area contributed by atoms with Crippen molar-refractivity contribution >= 4 is 27.5 Å². The molecule has 108 valence electrons. The molecule has 3 nitrogen and oxygen atoms in total. The Labute approximate surface area is 126 Å². The summed E-state index contributed by atoms with van der Waals surface area (Å²) in [6, 6.07) is 14.4. The number of nitrogens with one attached hydrogen (secondary N) is 1. The van der Waals surface area contributed by atoms with E-state index in [1.54, 1.807) is 12.1 Å². The molecule has 3 N–H and O–H groups in total. The minimum absolute atomic E-state index is 0.239. The number of aromatic nitrogens is 2. The zero-order valence-electron chi connectivity index (χ0n) is 12.0. The summed E-state index contributed by atoms with van der Waals surface area (Å²) in [7, 11) is 0. The number of benzene rings is 2. The number of H-pyrrole nitrogens is 1. The molecule has 22 heavy (non-hydrogen) atoms. The fraction of sp³-hybridized carbons (Fsp3) is 0.0556. The second kappa shape index (κ2) is 4.56. The number of hydrogen-bond acceptors (Lipinski definition) is 2. The van der Waals surface area contributed by atoms with Crippen LogP contribution in [0.4, 0.5) is 10.1 Å². The third-order valence-corrected chi connectivity index (χ3v) is 4.03. The summed E-state index contributed by atoms with van der Waals surface area (Å²) in [6.45, 7) is 1.97. The Morgan fingerprint density at radius 1 is 1.09 bits per heavy atom. The van der Waals surface area contributed by atoms with E-state index in [0.717, 1.165) is 38.8 Å². The minimum atomic E-state index is -0.239. The van der Waals surface area contributed by atoms with E-state index in [-0.39, 0.29) is 5.82 Å². The monoisotopic (exact) mass is 291 g/mol. The maximum absolute atomic E-state index is 13.4. The molecule has 4 heteroatoms. The summed E-state index contributed by atoms with van der Waals surface area (Å²) in [5.74, 6) is -0.239. The first-order chi connectivity index (χ1) is 10.6. The van der Waals surface area contributed by atoms with E-state index in [0.29, 0.717) is 5.69 Å². The number of aromatic amines is 1. The predicted molar refractivity (Wildman–Crippen MR) is 88.1 cm³/mol. The third-order valence-electron chi connectivity index (χ3n) is 4.03. The van der Waals surface area contributed by atoms with Gasteiger partial charge in [0.1, 0.15) is 5.82 Å². The van der Waals surface area contributed by atoms with Gasteiger partial charge in [-0.15, -0.1) is 0 Å². The number of para-hydroxylation sites is 1. The van der Waals surface area contributed by atoms with Crippen molar-refractivity contribution in [3.63, 3.8) is 0 Å². The summed E-state index contributed by atoms with van der Waals surface area (Å²) >= 11 is 0. The van der Waals surface area contributed by atoms with Crippen LogP contribution in [0.5, 0.6) is 0 Å². The zero-order chi connectivity index (χ0) is 15.3. The number of nitrogens with two attached hydrogens (primary N) is 1. The van der Waals surface area contributed by atoms with E-state index in [1.807, 2.05) is 37.3 Å². The van der Waals surface area contributed by atoms with Crippen molar-refractivity contribution in [2.45, 2.75) is 6.92 Å². The average Bonchev–Trinajstić information content (AvgIpc) is 2.84. The van der Waals surface area contributed by atoms with Crippen LogP contribution in [0, 0.1) is 12.7 Å². The molecular formula is C18H14FN3. The third kappa shape index (κ3) is 1.84. The van der Waals surface area contributed by atoms with Crippen molar-refractivity contribution in [2.75, 3.05) is 5.73 Å². The van der Waals surface area contributed by atoms with Crippen LogP contribution in [0.1, 0.15) is 5.56 Å². The number of fused-ring (bicyclic) bond motifs is 2. The van der Waals surface area contributed by atoms with Gasteiger partial charge >= 0.3 is 0 Å². The summed E-state index contributed by atoms with van der Waals surface area (Å²) < 4.78 is 13.4. The molecule has 0 saturated carbocycles. The first-order valence-electron chi connectivity index (χ1n) is 7.07. The molecule has 0 atom stereocenters. The zero-order valence-corrected chi connectivity index (χ0v) is 12.0. The van der Waals surface area contributed by atoms with Crippen LogP contribution < -0.4 is 5.73 Å². The Bertz CT molecular complexity index is 1020. The Kier molecular flexibility index (Phi) is 2.66. The molecule has 0 unspecified atom stereocenters. The van der Waals surface area contributed by atoms with Gasteiger partial charge in [0.2, 0.25) is 0 Å². The molecule has 0 aliphatic heterocycles. The maximum Gasteiger partial charge on any atom is 0.123 e. The molecule has 0 radical (unpaired) electrons. The number of aryl methyl sites for hydroxylation is 1. The van der Waals surface area contributed by atoms with Gasteiger partial charge in [0.15, 0.2) is 0 Å². The molecule has 2 aromatic heterocycles. The van der Waals surface area contributed by atoms with Crippen LogP contribution >= 0.6 is 0 Å². The standard InChI is InChI=1S/C18H14FN3/c1-10-13-9-12(19)6-8-15(13)21-17(10)16-7-5-11-3-2-4-14(20)18(11)22-16/h2-9,21H,20H2,1H3. The minimum Gasteiger partial charge on any atom is -0.397 e. The van der Waals surface area contributed by atoms with Gasteiger partial charge in [0.05, 0.1) is 22.6 Å². The highest BCUT2D eigenvalue weighted by Gasteiger charge is 2.12. The molecule has 0 fully saturated rings. The fourth-order valence-corrected chi connectivity index (χ4v) is 2.86. The Morgan fingerprint density at radius 2 is 1.95 bits per heavy atom. The van der Waals surface area contributed by atoms with Crippen LogP contribution in [0.25, 0.3) is 33.2 Å². The number of rotatable bonds is 1. The number of pyridine rings is 1. The molecule has 0 spiro atoms. The molecule has 2 aromatic carbocycles. The van der Waals surface area contributed by atoms with E-state index in [9.17, 15) is 4.39 Å². The van der Waals surface area contributed by atoms with E-state index in [2.05, 4.69) is 9.97 Å². The SMILES string of the molecule is Cc1c(-c2ccc3cccc(N)c3n2)[nH]c2ccc(F)cc12. The van der Waals surface area contributed by atoms with Gasteiger partial charge in [-0.25, -0.2) is 9.37 Å². The quantitative estimate of drug-likeness (QED) is 0.510. The molecule has 2 heterocycles. The topological polar surface area (TPSA) is 54.7 Å². The number of anilines is 1. The van der Waals surface area contributed by atoms with Gasteiger partial charge in [-0.2, -0.15) is 0 Å². The van der Waals surface area contributed by atoms with Crippen LogP contribution in [-0.4, -0.2) is 9.97 Å². The highest BCUT2D eigenvalue weighted by molar-refractivity contribution is 5.93. The first-order valence-corrected chi connectivity index (χ1v) is 7.07. The summed E-state index contributed by atoms with van der Waals surface area (Å²) in [5, 5.41) is 1.88. The van der Waals surface area contributed by atoms with Crippen molar-refractivity contribution in [1.29, 1.82) is 0 Å². The first kappa shape index (κ1) is 12.8. The molecule has 0 bridgehead atoms. The van der Waals surface area contributed by atoms with Crippen molar-refractivity contribution in [3.8, 4) is 11.4 Å². The molecule has 0 amide bonds. The van der Waals surface area contributed by atoms with Crippen molar-refractivity contribution < 1.29 is 4.39 Å². The summed E-state index contributed by atoms with van der Waals surface area (Å²) in [4.78, 5) is 8.00. The van der Waals surface area contributed by atoms with E-state index in [4.69, 9.17) is 5.73 Å². The van der Waals surface area contributed by atoms with Crippen molar-refractivity contribution in [3.05, 3.63) is 59.9 Å². The Morgan fingerprint density at radius 3 is 2.82 bits per heavy atom.